The lowest BCUT2D eigenvalue weighted by molar-refractivity contribution is 0.0650. The molecule has 1 rings (SSSR count). The van der Waals surface area contributed by atoms with E-state index in [1.165, 1.54) is 0 Å². The third-order valence-corrected chi connectivity index (χ3v) is 2.96. The van der Waals surface area contributed by atoms with Gasteiger partial charge in [0.2, 0.25) is 0 Å². The minimum Gasteiger partial charge on any atom is -0.478 e. The average Bonchev–Trinajstić information content (AvgIpc) is 2.08. The molecule has 0 bridgehead atoms. The van der Waals surface area contributed by atoms with Gasteiger partial charge in [-0.2, -0.15) is 0 Å². The SMILES string of the molecule is Cc1ncc(C(=O)O)c(C(=O)O)c1I. The van der Waals surface area contributed by atoms with Gasteiger partial charge in [-0.1, -0.05) is 0 Å². The van der Waals surface area contributed by atoms with Crippen molar-refractivity contribution in [2.75, 3.05) is 0 Å². The van der Waals surface area contributed by atoms with Gasteiger partial charge in [-0.3, -0.25) is 4.98 Å². The normalized spacial score (nSPS) is 9.86. The number of carbonyl (C=O) groups is 2. The van der Waals surface area contributed by atoms with Gasteiger partial charge in [0.05, 0.1) is 16.8 Å². The fraction of sp³-hybridized carbons (Fsp3) is 0.125. The molecule has 0 radical (unpaired) electrons. The van der Waals surface area contributed by atoms with Crippen LogP contribution in [-0.2, 0) is 0 Å². The molecule has 0 saturated heterocycles. The second-order valence-electron chi connectivity index (χ2n) is 2.56. The molecule has 1 heterocycles. The number of aromatic carboxylic acids is 2. The van der Waals surface area contributed by atoms with E-state index >= 15 is 0 Å². The Bertz CT molecular complexity index is 416. The molecule has 0 amide bonds. The second kappa shape index (κ2) is 3.91. The molecule has 74 valence electrons. The molecule has 0 unspecified atom stereocenters. The van der Waals surface area contributed by atoms with Crippen molar-refractivity contribution in [2.24, 2.45) is 0 Å². The monoisotopic (exact) mass is 307 g/mol. The highest BCUT2D eigenvalue weighted by Crippen LogP contribution is 2.19. The maximum Gasteiger partial charge on any atom is 0.338 e. The molecule has 0 aliphatic rings. The van der Waals surface area contributed by atoms with Crippen molar-refractivity contribution in [2.45, 2.75) is 6.92 Å². The number of carboxylic acids is 2. The van der Waals surface area contributed by atoms with Crippen molar-refractivity contribution in [1.29, 1.82) is 0 Å². The van der Waals surface area contributed by atoms with E-state index in [9.17, 15) is 9.59 Å². The van der Waals surface area contributed by atoms with Crippen LogP contribution >= 0.6 is 22.6 Å². The number of nitrogens with zero attached hydrogens (tertiary/aromatic N) is 1. The highest BCUT2D eigenvalue weighted by atomic mass is 127. The highest BCUT2D eigenvalue weighted by molar-refractivity contribution is 14.1. The third-order valence-electron chi connectivity index (χ3n) is 1.64. The van der Waals surface area contributed by atoms with Crippen molar-refractivity contribution in [1.82, 2.24) is 4.98 Å². The molecule has 0 fully saturated rings. The van der Waals surface area contributed by atoms with Crippen LogP contribution in [0, 0.1) is 10.5 Å². The Labute approximate surface area is 92.9 Å². The van der Waals surface area contributed by atoms with Crippen LogP contribution in [-0.4, -0.2) is 27.1 Å². The molecule has 0 spiro atoms. The minimum atomic E-state index is -1.28. The molecule has 14 heavy (non-hydrogen) atoms. The van der Waals surface area contributed by atoms with Crippen molar-refractivity contribution >= 4 is 34.5 Å². The number of aryl methyl sites for hydroxylation is 1. The summed E-state index contributed by atoms with van der Waals surface area (Å²) in [5.41, 5.74) is 0.0195. The molecule has 0 aromatic carbocycles. The van der Waals surface area contributed by atoms with Gasteiger partial charge in [0.1, 0.15) is 0 Å². The van der Waals surface area contributed by atoms with Crippen LogP contribution in [0.25, 0.3) is 0 Å². The zero-order valence-corrected chi connectivity index (χ0v) is 9.27. The Morgan fingerprint density at radius 1 is 1.36 bits per heavy atom. The van der Waals surface area contributed by atoms with Gasteiger partial charge in [0.15, 0.2) is 0 Å². The molecule has 5 nitrogen and oxygen atoms in total. The quantitative estimate of drug-likeness (QED) is 0.806. The molecule has 0 aliphatic carbocycles. The standard InChI is InChI=1S/C8H6INO4/c1-3-6(9)5(8(13)14)4(2-10-3)7(11)12/h2H,1H3,(H,11,12)(H,13,14). The van der Waals surface area contributed by atoms with E-state index in [1.807, 2.05) is 0 Å². The van der Waals surface area contributed by atoms with Crippen LogP contribution in [0.15, 0.2) is 6.20 Å². The first-order chi connectivity index (χ1) is 6.45. The number of hydrogen-bond acceptors (Lipinski definition) is 3. The van der Waals surface area contributed by atoms with E-state index in [0.717, 1.165) is 6.20 Å². The summed E-state index contributed by atoms with van der Waals surface area (Å²) in [5, 5.41) is 17.5. The first-order valence-electron chi connectivity index (χ1n) is 3.56. The highest BCUT2D eigenvalue weighted by Gasteiger charge is 2.20. The number of hydrogen-bond donors (Lipinski definition) is 2. The summed E-state index contributed by atoms with van der Waals surface area (Å²) in [4.78, 5) is 25.3. The molecule has 0 saturated carbocycles. The zero-order chi connectivity index (χ0) is 10.9. The summed E-state index contributed by atoms with van der Waals surface area (Å²) < 4.78 is 0.356. The Balaban J connectivity index is 3.53. The summed E-state index contributed by atoms with van der Waals surface area (Å²) in [7, 11) is 0. The van der Waals surface area contributed by atoms with Crippen LogP contribution in [0.1, 0.15) is 26.4 Å². The second-order valence-corrected chi connectivity index (χ2v) is 3.64. The van der Waals surface area contributed by atoms with Gasteiger partial charge in [0, 0.05) is 9.77 Å². The average molecular weight is 307 g/mol. The molecule has 0 atom stereocenters. The van der Waals surface area contributed by atoms with Gasteiger partial charge < -0.3 is 10.2 Å². The molecule has 0 aliphatic heterocycles. The molecule has 2 N–H and O–H groups in total. The van der Waals surface area contributed by atoms with E-state index < -0.39 is 11.9 Å². The van der Waals surface area contributed by atoms with E-state index in [4.69, 9.17) is 10.2 Å². The summed E-state index contributed by atoms with van der Waals surface area (Å²) in [5.74, 6) is -2.54. The molecule has 6 heteroatoms. The number of pyridine rings is 1. The number of halogens is 1. The summed E-state index contributed by atoms with van der Waals surface area (Å²) >= 11 is 1.77. The number of aromatic nitrogens is 1. The maximum absolute atomic E-state index is 10.8. The fourth-order valence-electron chi connectivity index (χ4n) is 0.953. The van der Waals surface area contributed by atoms with Crippen LogP contribution in [0.2, 0.25) is 0 Å². The lowest BCUT2D eigenvalue weighted by Gasteiger charge is -2.05. The van der Waals surface area contributed by atoms with E-state index in [2.05, 4.69) is 4.98 Å². The topological polar surface area (TPSA) is 87.5 Å². The van der Waals surface area contributed by atoms with Gasteiger partial charge in [-0.25, -0.2) is 9.59 Å². The van der Waals surface area contributed by atoms with Crippen molar-refractivity contribution < 1.29 is 19.8 Å². The number of carboxylic acid groups (broad SMARTS) is 2. The maximum atomic E-state index is 10.8. The van der Waals surface area contributed by atoms with E-state index in [1.54, 1.807) is 29.5 Å². The number of rotatable bonds is 2. The zero-order valence-electron chi connectivity index (χ0n) is 7.11. The van der Waals surface area contributed by atoms with Crippen LogP contribution in [0.3, 0.4) is 0 Å². The van der Waals surface area contributed by atoms with Gasteiger partial charge in [0.25, 0.3) is 0 Å². The Morgan fingerprint density at radius 2 is 1.93 bits per heavy atom. The molecule has 1 aromatic heterocycles. The van der Waals surface area contributed by atoms with Crippen molar-refractivity contribution in [3.05, 3.63) is 26.6 Å². The van der Waals surface area contributed by atoms with Crippen LogP contribution in [0.5, 0.6) is 0 Å². The summed E-state index contributed by atoms with van der Waals surface area (Å²) in [6.45, 7) is 1.62. The largest absolute Gasteiger partial charge is 0.478 e. The van der Waals surface area contributed by atoms with Gasteiger partial charge >= 0.3 is 11.9 Å². The summed E-state index contributed by atoms with van der Waals surface area (Å²) in [6.07, 6.45) is 1.06. The van der Waals surface area contributed by atoms with E-state index in [-0.39, 0.29) is 11.1 Å². The summed E-state index contributed by atoms with van der Waals surface area (Å²) in [6, 6.07) is 0. The third kappa shape index (κ3) is 1.84. The van der Waals surface area contributed by atoms with Crippen molar-refractivity contribution in [3.8, 4) is 0 Å². The predicted octanol–water partition coefficient (Wildman–Crippen LogP) is 1.39. The molecular weight excluding hydrogens is 301 g/mol. The molecule has 1 aromatic rings. The van der Waals surface area contributed by atoms with Gasteiger partial charge in [-0.05, 0) is 29.5 Å². The fourth-order valence-corrected chi connectivity index (χ4v) is 1.61. The van der Waals surface area contributed by atoms with E-state index in [0.29, 0.717) is 9.26 Å². The lowest BCUT2D eigenvalue weighted by atomic mass is 10.1. The molecular formula is C8H6INO4. The van der Waals surface area contributed by atoms with Crippen LogP contribution < -0.4 is 0 Å². The predicted molar refractivity (Wildman–Crippen MR) is 55.6 cm³/mol. The lowest BCUT2D eigenvalue weighted by Crippen LogP contribution is -2.12. The van der Waals surface area contributed by atoms with Crippen LogP contribution in [0.4, 0.5) is 0 Å². The Kier molecular flexibility index (Phi) is 3.04. The van der Waals surface area contributed by atoms with Crippen molar-refractivity contribution in [3.63, 3.8) is 0 Å². The Morgan fingerprint density at radius 3 is 2.36 bits per heavy atom. The smallest absolute Gasteiger partial charge is 0.338 e. The first kappa shape index (κ1) is 10.9. The first-order valence-corrected chi connectivity index (χ1v) is 4.64. The van der Waals surface area contributed by atoms with Gasteiger partial charge in [-0.15, -0.1) is 0 Å². The Hall–Kier alpha value is -1.18. The minimum absolute atomic E-state index is 0.203.